The number of ether oxygens (including phenoxy) is 1. The summed E-state index contributed by atoms with van der Waals surface area (Å²) in [6.07, 6.45) is 4.55. The molecule has 0 spiro atoms. The lowest BCUT2D eigenvalue weighted by atomic mass is 9.88. The first-order valence-corrected chi connectivity index (χ1v) is 11.9. The van der Waals surface area contributed by atoms with Crippen molar-refractivity contribution >= 4 is 22.7 Å². The number of carbonyl (C=O) groups excluding carboxylic acids is 2. The second-order valence-electron chi connectivity index (χ2n) is 9.11. The van der Waals surface area contributed by atoms with Crippen molar-refractivity contribution in [2.24, 2.45) is 5.92 Å². The molecule has 180 valence electrons. The maximum atomic E-state index is 13.7. The quantitative estimate of drug-likeness (QED) is 0.366. The van der Waals surface area contributed by atoms with Crippen molar-refractivity contribution in [3.63, 3.8) is 0 Å². The van der Waals surface area contributed by atoms with E-state index in [0.717, 1.165) is 11.1 Å². The van der Waals surface area contributed by atoms with Crippen LogP contribution in [0.4, 0.5) is 0 Å². The average Bonchev–Trinajstić information content (AvgIpc) is 3.58. The second-order valence-corrected chi connectivity index (χ2v) is 9.11. The van der Waals surface area contributed by atoms with Crippen molar-refractivity contribution < 1.29 is 18.7 Å². The molecule has 0 atom stereocenters. The van der Waals surface area contributed by atoms with Crippen molar-refractivity contribution in [1.29, 1.82) is 0 Å². The molecule has 8 nitrogen and oxygen atoms in total. The van der Waals surface area contributed by atoms with Gasteiger partial charge in [0.2, 0.25) is 0 Å². The number of fused-ring (bicyclic) bond motifs is 1. The van der Waals surface area contributed by atoms with E-state index in [1.54, 1.807) is 56.0 Å². The molecule has 0 radical (unpaired) electrons. The SMILES string of the molecule is COc1ccc(C(=O)C2CCN(C(=O)c3cc(-c4ccco4)nc4c3cnn4C(C)C)CC2)cc1. The number of carbonyl (C=O) groups is 2. The summed E-state index contributed by atoms with van der Waals surface area (Å²) < 4.78 is 12.6. The minimum Gasteiger partial charge on any atom is -0.497 e. The van der Waals surface area contributed by atoms with Gasteiger partial charge in [-0.3, -0.25) is 9.59 Å². The summed E-state index contributed by atoms with van der Waals surface area (Å²) in [5.74, 6) is 1.25. The molecule has 0 bridgehead atoms. The Morgan fingerprint density at radius 2 is 1.86 bits per heavy atom. The smallest absolute Gasteiger partial charge is 0.254 e. The van der Waals surface area contributed by atoms with Crippen LogP contribution in [0.1, 0.15) is 53.4 Å². The number of Topliss-reactive ketones (excluding diaryl/α,β-unsaturated/α-hetero) is 1. The van der Waals surface area contributed by atoms with E-state index >= 15 is 0 Å². The molecule has 0 aliphatic carbocycles. The number of furan rings is 1. The van der Waals surface area contributed by atoms with Gasteiger partial charge in [0, 0.05) is 30.6 Å². The number of hydrogen-bond acceptors (Lipinski definition) is 6. The molecule has 4 heterocycles. The average molecular weight is 473 g/mol. The van der Waals surface area contributed by atoms with Gasteiger partial charge in [0.25, 0.3) is 5.91 Å². The van der Waals surface area contributed by atoms with Gasteiger partial charge in [-0.1, -0.05) is 0 Å². The number of methoxy groups -OCH3 is 1. The monoisotopic (exact) mass is 472 g/mol. The van der Waals surface area contributed by atoms with Gasteiger partial charge in [0.05, 0.1) is 30.5 Å². The maximum absolute atomic E-state index is 13.7. The summed E-state index contributed by atoms with van der Waals surface area (Å²) in [6, 6.07) is 12.7. The summed E-state index contributed by atoms with van der Waals surface area (Å²) in [4.78, 5) is 33.2. The fourth-order valence-corrected chi connectivity index (χ4v) is 4.63. The molecule has 1 aliphatic rings. The van der Waals surface area contributed by atoms with E-state index in [2.05, 4.69) is 5.10 Å². The Bertz CT molecular complexity index is 1350. The summed E-state index contributed by atoms with van der Waals surface area (Å²) >= 11 is 0. The van der Waals surface area contributed by atoms with Crippen LogP contribution in [0.2, 0.25) is 0 Å². The van der Waals surface area contributed by atoms with Gasteiger partial charge < -0.3 is 14.1 Å². The van der Waals surface area contributed by atoms with Crippen LogP contribution in [0.25, 0.3) is 22.5 Å². The lowest BCUT2D eigenvalue weighted by Gasteiger charge is -2.31. The Labute approximate surface area is 203 Å². The van der Waals surface area contributed by atoms with Crippen molar-refractivity contribution in [3.05, 3.63) is 66.1 Å². The normalized spacial score (nSPS) is 14.6. The Balaban J connectivity index is 1.38. The summed E-state index contributed by atoms with van der Waals surface area (Å²) in [6.45, 7) is 5.09. The van der Waals surface area contributed by atoms with Crippen molar-refractivity contribution in [2.75, 3.05) is 20.2 Å². The number of hydrogen-bond donors (Lipinski definition) is 0. The molecule has 1 aliphatic heterocycles. The summed E-state index contributed by atoms with van der Waals surface area (Å²) in [5.41, 5.74) is 2.48. The van der Waals surface area contributed by atoms with E-state index in [0.29, 0.717) is 54.2 Å². The molecule has 0 saturated carbocycles. The van der Waals surface area contributed by atoms with E-state index in [9.17, 15) is 9.59 Å². The first-order chi connectivity index (χ1) is 17.0. The number of aromatic nitrogens is 3. The molecule has 35 heavy (non-hydrogen) atoms. The minimum absolute atomic E-state index is 0.0798. The topological polar surface area (TPSA) is 90.5 Å². The number of benzene rings is 1. The Morgan fingerprint density at radius 1 is 1.11 bits per heavy atom. The standard InChI is InChI=1S/C27H28N4O4/c1-17(2)31-26-22(16-28-31)21(15-23(29-26)24-5-4-14-35-24)27(33)30-12-10-19(11-13-30)25(32)18-6-8-20(34-3)9-7-18/h4-9,14-17,19H,10-13H2,1-3H3. The van der Waals surface area contributed by atoms with Crippen LogP contribution < -0.4 is 4.74 Å². The van der Waals surface area contributed by atoms with Crippen LogP contribution in [-0.2, 0) is 0 Å². The van der Waals surface area contributed by atoms with Crippen LogP contribution in [0.3, 0.4) is 0 Å². The molecule has 0 N–H and O–H groups in total. The van der Waals surface area contributed by atoms with Gasteiger partial charge in [0.15, 0.2) is 17.2 Å². The Hall–Kier alpha value is -3.94. The largest absolute Gasteiger partial charge is 0.497 e. The predicted molar refractivity (Wildman–Crippen MR) is 132 cm³/mol. The number of nitrogens with zero attached hydrogens (tertiary/aromatic N) is 4. The van der Waals surface area contributed by atoms with Crippen LogP contribution in [0.5, 0.6) is 5.75 Å². The molecule has 1 fully saturated rings. The highest BCUT2D eigenvalue weighted by Gasteiger charge is 2.30. The van der Waals surface area contributed by atoms with Crippen molar-refractivity contribution in [2.45, 2.75) is 32.7 Å². The first kappa shape index (κ1) is 22.8. The summed E-state index contributed by atoms with van der Waals surface area (Å²) in [5, 5.41) is 5.20. The Morgan fingerprint density at radius 3 is 2.49 bits per heavy atom. The summed E-state index contributed by atoms with van der Waals surface area (Å²) in [7, 11) is 1.60. The molecular formula is C27H28N4O4. The van der Waals surface area contributed by atoms with Gasteiger partial charge in [-0.15, -0.1) is 0 Å². The van der Waals surface area contributed by atoms with E-state index in [-0.39, 0.29) is 23.7 Å². The third-order valence-electron chi connectivity index (χ3n) is 6.59. The van der Waals surface area contributed by atoms with Crippen LogP contribution >= 0.6 is 0 Å². The lowest BCUT2D eigenvalue weighted by Crippen LogP contribution is -2.40. The maximum Gasteiger partial charge on any atom is 0.254 e. The molecule has 0 unspecified atom stereocenters. The van der Waals surface area contributed by atoms with Crippen LogP contribution in [0.15, 0.2) is 59.3 Å². The highest BCUT2D eigenvalue weighted by atomic mass is 16.5. The van der Waals surface area contributed by atoms with E-state index in [1.807, 2.05) is 29.5 Å². The van der Waals surface area contributed by atoms with E-state index in [1.165, 1.54) is 0 Å². The van der Waals surface area contributed by atoms with Gasteiger partial charge >= 0.3 is 0 Å². The number of ketones is 1. The van der Waals surface area contributed by atoms with Gasteiger partial charge in [0.1, 0.15) is 11.4 Å². The predicted octanol–water partition coefficient (Wildman–Crippen LogP) is 5.02. The molecule has 5 rings (SSSR count). The first-order valence-electron chi connectivity index (χ1n) is 11.9. The third kappa shape index (κ3) is 4.32. The highest BCUT2D eigenvalue weighted by molar-refractivity contribution is 6.06. The molecule has 1 aromatic carbocycles. The zero-order valence-corrected chi connectivity index (χ0v) is 20.1. The minimum atomic E-state index is -0.104. The lowest BCUT2D eigenvalue weighted by molar-refractivity contribution is 0.0652. The fourth-order valence-electron chi connectivity index (χ4n) is 4.63. The molecule has 8 heteroatoms. The van der Waals surface area contributed by atoms with Crippen LogP contribution in [-0.4, -0.2) is 51.6 Å². The van der Waals surface area contributed by atoms with Gasteiger partial charge in [-0.2, -0.15) is 5.10 Å². The highest BCUT2D eigenvalue weighted by Crippen LogP contribution is 2.29. The van der Waals surface area contributed by atoms with E-state index in [4.69, 9.17) is 14.1 Å². The number of rotatable bonds is 6. The van der Waals surface area contributed by atoms with Crippen molar-refractivity contribution in [1.82, 2.24) is 19.7 Å². The number of amides is 1. The number of pyridine rings is 1. The second kappa shape index (κ2) is 9.37. The van der Waals surface area contributed by atoms with E-state index < -0.39 is 0 Å². The number of piperidine rings is 1. The van der Waals surface area contributed by atoms with Gasteiger partial charge in [-0.25, -0.2) is 9.67 Å². The Kier molecular flexibility index (Phi) is 6.11. The molecule has 4 aromatic rings. The molecule has 1 saturated heterocycles. The fraction of sp³-hybridized carbons (Fsp3) is 0.333. The van der Waals surface area contributed by atoms with Crippen LogP contribution in [0, 0.1) is 5.92 Å². The number of likely N-dealkylation sites (tertiary alicyclic amines) is 1. The third-order valence-corrected chi connectivity index (χ3v) is 6.59. The molecule has 3 aromatic heterocycles. The molecule has 1 amide bonds. The van der Waals surface area contributed by atoms with Gasteiger partial charge in [-0.05, 0) is 69.2 Å². The van der Waals surface area contributed by atoms with Crippen molar-refractivity contribution in [3.8, 4) is 17.2 Å². The molecular weight excluding hydrogens is 444 g/mol. The zero-order valence-electron chi connectivity index (χ0n) is 20.1. The zero-order chi connectivity index (χ0) is 24.5.